The molecule has 2 aromatic rings. The van der Waals surface area contributed by atoms with Crippen LogP contribution < -0.4 is 4.74 Å². The second-order valence-electron chi connectivity index (χ2n) is 7.34. The molecule has 0 bridgehead atoms. The Labute approximate surface area is 177 Å². The summed E-state index contributed by atoms with van der Waals surface area (Å²) in [6.07, 6.45) is 11.9. The van der Waals surface area contributed by atoms with Crippen LogP contribution in [-0.4, -0.2) is 28.7 Å². The molecule has 2 rings (SSSR count). The number of nitrogens with zero attached hydrogens (tertiary/aromatic N) is 2. The van der Waals surface area contributed by atoms with Crippen molar-refractivity contribution in [2.45, 2.75) is 46.6 Å². The first-order valence-electron chi connectivity index (χ1n) is 10.2. The second kappa shape index (κ2) is 10.9. The van der Waals surface area contributed by atoms with Gasteiger partial charge in [0.25, 0.3) is 5.92 Å². The van der Waals surface area contributed by atoms with Gasteiger partial charge in [0.1, 0.15) is 11.5 Å². The van der Waals surface area contributed by atoms with E-state index >= 15 is 0 Å². The lowest BCUT2D eigenvalue weighted by Gasteiger charge is -2.17. The maximum atomic E-state index is 14.2. The van der Waals surface area contributed by atoms with E-state index in [0.29, 0.717) is 23.6 Å². The third-order valence-electron chi connectivity index (χ3n) is 4.49. The number of aromatic nitrogens is 2. The van der Waals surface area contributed by atoms with Crippen molar-refractivity contribution >= 4 is 0 Å². The van der Waals surface area contributed by atoms with E-state index in [1.54, 1.807) is 24.4 Å². The molecule has 6 heteroatoms. The largest absolute Gasteiger partial charge is 0.457 e. The van der Waals surface area contributed by atoms with Crippen molar-refractivity contribution in [1.29, 1.82) is 0 Å². The Morgan fingerprint density at radius 2 is 2.00 bits per heavy atom. The Kier molecular flexibility index (Phi) is 8.54. The lowest BCUT2D eigenvalue weighted by atomic mass is 10.0. The van der Waals surface area contributed by atoms with Gasteiger partial charge in [0.15, 0.2) is 0 Å². The summed E-state index contributed by atoms with van der Waals surface area (Å²) in [5.41, 5.74) is 2.18. The monoisotopic (exact) mass is 415 g/mol. The zero-order valence-corrected chi connectivity index (χ0v) is 18.4. The molecule has 0 saturated heterocycles. The van der Waals surface area contributed by atoms with Gasteiger partial charge in [-0.2, -0.15) is 5.10 Å². The van der Waals surface area contributed by atoms with Gasteiger partial charge in [0.2, 0.25) is 0 Å². The van der Waals surface area contributed by atoms with Crippen LogP contribution in [0.2, 0.25) is 0 Å². The Morgan fingerprint density at radius 3 is 2.63 bits per heavy atom. The quantitative estimate of drug-likeness (QED) is 0.358. The number of halogens is 2. The van der Waals surface area contributed by atoms with Crippen LogP contribution in [0.4, 0.5) is 8.78 Å². The van der Waals surface area contributed by atoms with Crippen LogP contribution in [0, 0.1) is 0 Å². The Balaban J connectivity index is 2.49. The average Bonchev–Trinajstić information content (AvgIpc) is 3.13. The molecule has 4 nitrogen and oxygen atoms in total. The second-order valence-corrected chi connectivity index (χ2v) is 7.34. The number of H-pyrrole nitrogens is 1. The zero-order valence-electron chi connectivity index (χ0n) is 18.4. The van der Waals surface area contributed by atoms with E-state index < -0.39 is 5.92 Å². The summed E-state index contributed by atoms with van der Waals surface area (Å²) >= 11 is 0. The van der Waals surface area contributed by atoms with Gasteiger partial charge in [0, 0.05) is 30.2 Å². The molecule has 0 amide bonds. The van der Waals surface area contributed by atoms with Gasteiger partial charge in [-0.25, -0.2) is 8.78 Å². The van der Waals surface area contributed by atoms with Gasteiger partial charge >= 0.3 is 0 Å². The first-order valence-corrected chi connectivity index (χ1v) is 10.2. The van der Waals surface area contributed by atoms with Gasteiger partial charge in [-0.15, -0.1) is 0 Å². The molecule has 0 spiro atoms. The normalized spacial score (nSPS) is 13.1. The van der Waals surface area contributed by atoms with E-state index in [0.717, 1.165) is 31.1 Å². The Morgan fingerprint density at radius 1 is 1.23 bits per heavy atom. The highest BCUT2D eigenvalue weighted by Crippen LogP contribution is 2.35. The number of alkyl halides is 2. The van der Waals surface area contributed by atoms with Crippen LogP contribution in [-0.2, 0) is 12.5 Å². The summed E-state index contributed by atoms with van der Waals surface area (Å²) in [4.78, 5) is 2.17. The van der Waals surface area contributed by atoms with Crippen LogP contribution in [0.25, 0.3) is 11.3 Å². The lowest BCUT2D eigenvalue weighted by molar-refractivity contribution is 0.0173. The molecule has 0 aliphatic heterocycles. The molecular formula is C24H31F2N3O. The van der Waals surface area contributed by atoms with Gasteiger partial charge in [0.05, 0.1) is 11.9 Å². The van der Waals surface area contributed by atoms with Crippen molar-refractivity contribution in [2.24, 2.45) is 0 Å². The molecule has 0 unspecified atom stereocenters. The van der Waals surface area contributed by atoms with Crippen molar-refractivity contribution < 1.29 is 13.5 Å². The van der Waals surface area contributed by atoms with Crippen molar-refractivity contribution in [3.05, 3.63) is 71.7 Å². The molecule has 0 aliphatic carbocycles. The number of hydrogen-bond donors (Lipinski definition) is 1. The SMILES string of the molecule is C\C=C/C=C(\C=C/C)Oc1cc(-c2[nH]ncc2CN(C)CCC)cc(C(C)(F)F)c1. The maximum absolute atomic E-state index is 14.2. The number of allylic oxidation sites excluding steroid dienone is 5. The van der Waals surface area contributed by atoms with Crippen molar-refractivity contribution in [1.82, 2.24) is 15.1 Å². The number of aromatic amines is 1. The molecule has 0 aliphatic rings. The molecule has 1 heterocycles. The topological polar surface area (TPSA) is 41.1 Å². The van der Waals surface area contributed by atoms with Crippen LogP contribution in [0.15, 0.2) is 60.5 Å². The fourth-order valence-corrected chi connectivity index (χ4v) is 3.10. The van der Waals surface area contributed by atoms with Gasteiger partial charge in [-0.05, 0) is 64.2 Å². The molecule has 1 N–H and O–H groups in total. The van der Waals surface area contributed by atoms with E-state index in [2.05, 4.69) is 22.0 Å². The van der Waals surface area contributed by atoms with Crippen molar-refractivity contribution in [3.8, 4) is 17.0 Å². The molecule has 0 saturated carbocycles. The molecule has 0 fully saturated rings. The van der Waals surface area contributed by atoms with Gasteiger partial charge < -0.3 is 9.64 Å². The maximum Gasteiger partial charge on any atom is 0.270 e. The predicted octanol–water partition coefficient (Wildman–Crippen LogP) is 6.45. The fraction of sp³-hybridized carbons (Fsp3) is 0.375. The minimum atomic E-state index is -3.00. The molecular weight excluding hydrogens is 384 g/mol. The summed E-state index contributed by atoms with van der Waals surface area (Å²) in [6.45, 7) is 8.39. The number of benzene rings is 1. The standard InChI is InChI=1S/C24H31F2N3O/c1-6-9-11-21(10-7-2)30-22-14-18(13-20(15-22)24(4,25)26)23-19(16-27-28-23)17-29(5)12-8-3/h6-7,9-11,13-16H,8,12,17H2,1-5H3,(H,27,28)/b9-6-,10-7-,21-11+. The summed E-state index contributed by atoms with van der Waals surface area (Å²) in [7, 11) is 2.03. The lowest BCUT2D eigenvalue weighted by Crippen LogP contribution is -2.18. The van der Waals surface area contributed by atoms with Gasteiger partial charge in [-0.3, -0.25) is 5.10 Å². The van der Waals surface area contributed by atoms with Crippen LogP contribution >= 0.6 is 0 Å². The van der Waals surface area contributed by atoms with Crippen LogP contribution in [0.3, 0.4) is 0 Å². The number of rotatable bonds is 10. The highest BCUT2D eigenvalue weighted by atomic mass is 19.3. The molecule has 1 aromatic carbocycles. The molecule has 162 valence electrons. The number of ether oxygens (including phenoxy) is 1. The smallest absolute Gasteiger partial charge is 0.270 e. The van der Waals surface area contributed by atoms with Gasteiger partial charge in [-0.1, -0.05) is 25.2 Å². The molecule has 0 atom stereocenters. The minimum absolute atomic E-state index is 0.108. The molecule has 1 aromatic heterocycles. The Bertz CT molecular complexity index is 907. The molecule has 0 radical (unpaired) electrons. The first-order chi connectivity index (χ1) is 14.3. The zero-order chi connectivity index (χ0) is 22.1. The summed E-state index contributed by atoms with van der Waals surface area (Å²) in [5.74, 6) is -2.09. The number of hydrogen-bond acceptors (Lipinski definition) is 3. The molecule has 30 heavy (non-hydrogen) atoms. The third kappa shape index (κ3) is 6.66. The van der Waals surface area contributed by atoms with Crippen molar-refractivity contribution in [3.63, 3.8) is 0 Å². The van der Waals surface area contributed by atoms with E-state index in [1.165, 1.54) is 12.1 Å². The third-order valence-corrected chi connectivity index (χ3v) is 4.49. The number of nitrogens with one attached hydrogen (secondary N) is 1. The highest BCUT2D eigenvalue weighted by Gasteiger charge is 2.26. The van der Waals surface area contributed by atoms with E-state index in [-0.39, 0.29) is 5.56 Å². The average molecular weight is 416 g/mol. The highest BCUT2D eigenvalue weighted by molar-refractivity contribution is 5.66. The van der Waals surface area contributed by atoms with Crippen molar-refractivity contribution in [2.75, 3.05) is 13.6 Å². The summed E-state index contributed by atoms with van der Waals surface area (Å²) in [5, 5.41) is 7.12. The summed E-state index contributed by atoms with van der Waals surface area (Å²) < 4.78 is 34.4. The van der Waals surface area contributed by atoms with Crippen LogP contribution in [0.5, 0.6) is 5.75 Å². The Hall–Kier alpha value is -2.73. The minimum Gasteiger partial charge on any atom is -0.457 e. The first kappa shape index (κ1) is 23.5. The van der Waals surface area contributed by atoms with Crippen LogP contribution in [0.1, 0.15) is 45.2 Å². The van der Waals surface area contributed by atoms with E-state index in [9.17, 15) is 8.78 Å². The van der Waals surface area contributed by atoms with E-state index in [4.69, 9.17) is 4.74 Å². The fourth-order valence-electron chi connectivity index (χ4n) is 3.10. The predicted molar refractivity (Wildman–Crippen MR) is 119 cm³/mol. The summed E-state index contributed by atoms with van der Waals surface area (Å²) in [6, 6.07) is 4.64. The van der Waals surface area contributed by atoms with E-state index in [1.807, 2.05) is 39.1 Å².